The lowest BCUT2D eigenvalue weighted by molar-refractivity contribution is 0.122. The molecule has 2 heterocycles. The van der Waals surface area contributed by atoms with Crippen LogP contribution in [0.3, 0.4) is 0 Å². The molecule has 1 aromatic rings. The number of pyridine rings is 1. The van der Waals surface area contributed by atoms with Crippen molar-refractivity contribution in [2.24, 2.45) is 0 Å². The molecule has 0 aliphatic carbocycles. The number of nitrogens with zero attached hydrogens (tertiary/aromatic N) is 3. The largest absolute Gasteiger partial charge is 0.378 e. The Hall–Kier alpha value is -1.18. The van der Waals surface area contributed by atoms with Gasteiger partial charge in [-0.1, -0.05) is 13.8 Å². The maximum absolute atomic E-state index is 12.3. The molecule has 1 aliphatic rings. The van der Waals surface area contributed by atoms with Crippen molar-refractivity contribution in [2.45, 2.75) is 18.7 Å². The molecule has 0 saturated carbocycles. The molecule has 112 valence electrons. The quantitative estimate of drug-likeness (QED) is 0.810. The Labute approximate surface area is 120 Å². The SMILES string of the molecule is CCN(CC)S(=O)(=O)c1ccc(N2CCOCC2)nc1. The number of anilines is 1. The van der Waals surface area contributed by atoms with E-state index in [-0.39, 0.29) is 4.90 Å². The van der Waals surface area contributed by atoms with Crippen LogP contribution in [0.25, 0.3) is 0 Å². The van der Waals surface area contributed by atoms with Gasteiger partial charge in [-0.15, -0.1) is 0 Å². The summed E-state index contributed by atoms with van der Waals surface area (Å²) in [5.41, 5.74) is 0. The minimum atomic E-state index is -3.42. The Kier molecular flexibility index (Phi) is 4.95. The lowest BCUT2D eigenvalue weighted by Gasteiger charge is -2.28. The normalized spacial score (nSPS) is 16.6. The highest BCUT2D eigenvalue weighted by molar-refractivity contribution is 7.89. The summed E-state index contributed by atoms with van der Waals surface area (Å²) in [6, 6.07) is 3.40. The van der Waals surface area contributed by atoms with Gasteiger partial charge in [0.25, 0.3) is 0 Å². The predicted molar refractivity (Wildman–Crippen MR) is 77.4 cm³/mol. The summed E-state index contributed by atoms with van der Waals surface area (Å²) in [7, 11) is -3.42. The number of rotatable bonds is 5. The molecule has 7 heteroatoms. The van der Waals surface area contributed by atoms with Crippen molar-refractivity contribution >= 4 is 15.8 Å². The zero-order valence-electron chi connectivity index (χ0n) is 11.9. The summed E-state index contributed by atoms with van der Waals surface area (Å²) in [5, 5.41) is 0. The van der Waals surface area contributed by atoms with Crippen LogP contribution < -0.4 is 4.90 Å². The number of morpholine rings is 1. The molecule has 0 spiro atoms. The third kappa shape index (κ3) is 3.11. The number of ether oxygens (including phenoxy) is 1. The van der Waals surface area contributed by atoms with Gasteiger partial charge >= 0.3 is 0 Å². The van der Waals surface area contributed by atoms with Gasteiger partial charge < -0.3 is 9.64 Å². The Balaban J connectivity index is 2.19. The van der Waals surface area contributed by atoms with Crippen LogP contribution in [0.4, 0.5) is 5.82 Å². The van der Waals surface area contributed by atoms with E-state index in [9.17, 15) is 8.42 Å². The van der Waals surface area contributed by atoms with Gasteiger partial charge in [-0.25, -0.2) is 13.4 Å². The highest BCUT2D eigenvalue weighted by Crippen LogP contribution is 2.18. The van der Waals surface area contributed by atoms with Crippen LogP contribution >= 0.6 is 0 Å². The zero-order valence-corrected chi connectivity index (χ0v) is 12.8. The minimum absolute atomic E-state index is 0.248. The first-order valence-electron chi connectivity index (χ1n) is 6.88. The van der Waals surface area contributed by atoms with E-state index in [0.29, 0.717) is 26.3 Å². The molecule has 0 unspecified atom stereocenters. The third-order valence-corrected chi connectivity index (χ3v) is 5.43. The van der Waals surface area contributed by atoms with Gasteiger partial charge in [0.1, 0.15) is 10.7 Å². The molecular formula is C13H21N3O3S. The van der Waals surface area contributed by atoms with Crippen molar-refractivity contribution in [3.8, 4) is 0 Å². The fraction of sp³-hybridized carbons (Fsp3) is 0.615. The van der Waals surface area contributed by atoms with Crippen LogP contribution in [-0.4, -0.2) is 57.1 Å². The lowest BCUT2D eigenvalue weighted by atomic mass is 10.4. The molecule has 1 aromatic heterocycles. The highest BCUT2D eigenvalue weighted by atomic mass is 32.2. The van der Waals surface area contributed by atoms with E-state index in [1.165, 1.54) is 10.5 Å². The van der Waals surface area contributed by atoms with Crippen LogP contribution in [0.5, 0.6) is 0 Å². The Morgan fingerprint density at radius 3 is 2.40 bits per heavy atom. The number of hydrogen-bond donors (Lipinski definition) is 0. The van der Waals surface area contributed by atoms with Crippen molar-refractivity contribution in [1.29, 1.82) is 0 Å². The first-order valence-corrected chi connectivity index (χ1v) is 8.32. The van der Waals surface area contributed by atoms with Gasteiger partial charge in [0.2, 0.25) is 10.0 Å². The Bertz CT molecular complexity index is 520. The molecule has 0 atom stereocenters. The van der Waals surface area contributed by atoms with Crippen molar-refractivity contribution < 1.29 is 13.2 Å². The van der Waals surface area contributed by atoms with Crippen molar-refractivity contribution in [2.75, 3.05) is 44.3 Å². The van der Waals surface area contributed by atoms with Gasteiger partial charge in [0, 0.05) is 32.4 Å². The molecule has 6 nitrogen and oxygen atoms in total. The van der Waals surface area contributed by atoms with Gasteiger partial charge in [0.15, 0.2) is 0 Å². The molecule has 0 bridgehead atoms. The number of aromatic nitrogens is 1. The second-order valence-corrected chi connectivity index (χ2v) is 6.48. The van der Waals surface area contributed by atoms with Crippen molar-refractivity contribution in [1.82, 2.24) is 9.29 Å². The molecule has 20 heavy (non-hydrogen) atoms. The summed E-state index contributed by atoms with van der Waals surface area (Å²) in [6.45, 7) is 7.52. The van der Waals surface area contributed by atoms with E-state index in [2.05, 4.69) is 9.88 Å². The lowest BCUT2D eigenvalue weighted by Crippen LogP contribution is -2.36. The fourth-order valence-corrected chi connectivity index (χ4v) is 3.62. The van der Waals surface area contributed by atoms with Crippen LogP contribution in [0.2, 0.25) is 0 Å². The number of hydrogen-bond acceptors (Lipinski definition) is 5. The molecule has 0 radical (unpaired) electrons. The van der Waals surface area contributed by atoms with Gasteiger partial charge in [0.05, 0.1) is 13.2 Å². The maximum Gasteiger partial charge on any atom is 0.244 e. The van der Waals surface area contributed by atoms with Crippen LogP contribution in [0.15, 0.2) is 23.2 Å². The third-order valence-electron chi connectivity index (χ3n) is 3.40. The van der Waals surface area contributed by atoms with Crippen LogP contribution in [0, 0.1) is 0 Å². The van der Waals surface area contributed by atoms with E-state index < -0.39 is 10.0 Å². The van der Waals surface area contributed by atoms with Crippen LogP contribution in [-0.2, 0) is 14.8 Å². The Morgan fingerprint density at radius 1 is 1.25 bits per heavy atom. The second kappa shape index (κ2) is 6.51. The predicted octanol–water partition coefficient (Wildman–Crippen LogP) is 0.949. The molecule has 0 amide bonds. The topological polar surface area (TPSA) is 62.7 Å². The monoisotopic (exact) mass is 299 g/mol. The average molecular weight is 299 g/mol. The highest BCUT2D eigenvalue weighted by Gasteiger charge is 2.22. The first kappa shape index (κ1) is 15.2. The zero-order chi connectivity index (χ0) is 14.6. The van der Waals surface area contributed by atoms with E-state index in [1.54, 1.807) is 12.1 Å². The summed E-state index contributed by atoms with van der Waals surface area (Å²) < 4.78 is 31.4. The summed E-state index contributed by atoms with van der Waals surface area (Å²) in [6.07, 6.45) is 1.44. The molecule has 1 aliphatic heterocycles. The first-order chi connectivity index (χ1) is 9.59. The van der Waals surface area contributed by atoms with Gasteiger partial charge in [-0.2, -0.15) is 4.31 Å². The Morgan fingerprint density at radius 2 is 1.90 bits per heavy atom. The summed E-state index contributed by atoms with van der Waals surface area (Å²) >= 11 is 0. The van der Waals surface area contributed by atoms with Crippen LogP contribution in [0.1, 0.15) is 13.8 Å². The molecule has 2 rings (SSSR count). The molecular weight excluding hydrogens is 278 g/mol. The van der Waals surface area contributed by atoms with E-state index in [0.717, 1.165) is 18.9 Å². The smallest absolute Gasteiger partial charge is 0.244 e. The van der Waals surface area contributed by atoms with Crippen molar-refractivity contribution in [3.05, 3.63) is 18.3 Å². The average Bonchev–Trinajstić information content (AvgIpc) is 2.49. The van der Waals surface area contributed by atoms with Gasteiger partial charge in [-0.3, -0.25) is 0 Å². The van der Waals surface area contributed by atoms with Crippen molar-refractivity contribution in [3.63, 3.8) is 0 Å². The molecule has 1 fully saturated rings. The fourth-order valence-electron chi connectivity index (χ4n) is 2.22. The van der Waals surface area contributed by atoms with Gasteiger partial charge in [-0.05, 0) is 12.1 Å². The van der Waals surface area contributed by atoms with E-state index in [4.69, 9.17) is 4.74 Å². The van der Waals surface area contributed by atoms with E-state index in [1.807, 2.05) is 13.8 Å². The summed E-state index contributed by atoms with van der Waals surface area (Å²) in [5.74, 6) is 0.798. The summed E-state index contributed by atoms with van der Waals surface area (Å²) in [4.78, 5) is 6.63. The molecule has 0 aromatic carbocycles. The molecule has 1 saturated heterocycles. The standard InChI is InChI=1S/C13H21N3O3S/c1-3-16(4-2)20(17,18)12-5-6-13(14-11-12)15-7-9-19-10-8-15/h5-6,11H,3-4,7-10H2,1-2H3. The second-order valence-electron chi connectivity index (χ2n) is 4.54. The minimum Gasteiger partial charge on any atom is -0.378 e. The maximum atomic E-state index is 12.3. The molecule has 0 N–H and O–H groups in total. The number of sulfonamides is 1. The van der Waals surface area contributed by atoms with E-state index >= 15 is 0 Å².